The quantitative estimate of drug-likeness (QED) is 0.832. The van der Waals surface area contributed by atoms with E-state index >= 15 is 0 Å². The first-order valence-corrected chi connectivity index (χ1v) is 5.38. The number of nitrogens with zero attached hydrogens (tertiary/aromatic N) is 1. The smallest absolute Gasteiger partial charge is 0.217 e. The molecule has 5 heteroatoms. The maximum absolute atomic E-state index is 5.35. The Balaban J connectivity index is 2.80. The van der Waals surface area contributed by atoms with E-state index in [0.29, 0.717) is 28.6 Å². The van der Waals surface area contributed by atoms with Gasteiger partial charge in [0, 0.05) is 18.2 Å². The van der Waals surface area contributed by atoms with Crippen LogP contribution in [0.5, 0.6) is 23.1 Å². The SMILES string of the molecule is COc1cc(OC)c2c(OC)cc(OC)nc2c1. The molecule has 0 saturated carbocycles. The normalized spacial score (nSPS) is 10.2. The van der Waals surface area contributed by atoms with E-state index in [2.05, 4.69) is 4.98 Å². The van der Waals surface area contributed by atoms with Crippen LogP contribution in [0, 0.1) is 0 Å². The van der Waals surface area contributed by atoms with E-state index in [0.717, 1.165) is 5.39 Å². The lowest BCUT2D eigenvalue weighted by Gasteiger charge is -2.12. The number of hydrogen-bond donors (Lipinski definition) is 0. The lowest BCUT2D eigenvalue weighted by molar-refractivity contribution is 0.381. The second-order valence-corrected chi connectivity index (χ2v) is 3.59. The minimum atomic E-state index is 0.481. The molecule has 0 unspecified atom stereocenters. The summed E-state index contributed by atoms with van der Waals surface area (Å²) in [6, 6.07) is 5.32. The van der Waals surface area contributed by atoms with Crippen LogP contribution >= 0.6 is 0 Å². The van der Waals surface area contributed by atoms with Gasteiger partial charge in [0.1, 0.15) is 17.2 Å². The average Bonchev–Trinajstić information content (AvgIpc) is 2.44. The van der Waals surface area contributed by atoms with Crippen molar-refractivity contribution in [2.45, 2.75) is 0 Å². The average molecular weight is 249 g/mol. The van der Waals surface area contributed by atoms with E-state index in [-0.39, 0.29) is 0 Å². The Labute approximate surface area is 105 Å². The lowest BCUT2D eigenvalue weighted by Crippen LogP contribution is -1.96. The Morgan fingerprint density at radius 3 is 2.00 bits per heavy atom. The van der Waals surface area contributed by atoms with E-state index in [4.69, 9.17) is 18.9 Å². The molecule has 1 aromatic carbocycles. The molecule has 1 aromatic heterocycles. The molecule has 0 spiro atoms. The number of fused-ring (bicyclic) bond motifs is 1. The van der Waals surface area contributed by atoms with Crippen LogP contribution in [0.3, 0.4) is 0 Å². The zero-order valence-corrected chi connectivity index (χ0v) is 10.8. The lowest BCUT2D eigenvalue weighted by atomic mass is 10.1. The molecule has 96 valence electrons. The van der Waals surface area contributed by atoms with Gasteiger partial charge in [-0.1, -0.05) is 0 Å². The van der Waals surface area contributed by atoms with Crippen LogP contribution in [0.4, 0.5) is 0 Å². The summed E-state index contributed by atoms with van der Waals surface area (Å²) in [7, 11) is 6.35. The largest absolute Gasteiger partial charge is 0.497 e. The molecule has 0 saturated heterocycles. The summed E-state index contributed by atoms with van der Waals surface area (Å²) in [5.41, 5.74) is 0.697. The molecular weight excluding hydrogens is 234 g/mol. The molecule has 0 aliphatic heterocycles. The second-order valence-electron chi connectivity index (χ2n) is 3.59. The van der Waals surface area contributed by atoms with Crippen molar-refractivity contribution in [3.05, 3.63) is 18.2 Å². The van der Waals surface area contributed by atoms with Gasteiger partial charge in [0.25, 0.3) is 0 Å². The van der Waals surface area contributed by atoms with Gasteiger partial charge in [0.05, 0.1) is 39.3 Å². The van der Waals surface area contributed by atoms with Crippen molar-refractivity contribution in [2.75, 3.05) is 28.4 Å². The standard InChI is InChI=1S/C13H15NO4/c1-15-8-5-9-13(10(6-8)16-2)11(17-3)7-12(14-9)18-4/h5-7H,1-4H3. The molecule has 2 rings (SSSR count). The van der Waals surface area contributed by atoms with Crippen LogP contribution in [0.1, 0.15) is 0 Å². The first-order chi connectivity index (χ1) is 8.73. The predicted octanol–water partition coefficient (Wildman–Crippen LogP) is 2.27. The van der Waals surface area contributed by atoms with Gasteiger partial charge in [-0.05, 0) is 0 Å². The minimum Gasteiger partial charge on any atom is -0.497 e. The van der Waals surface area contributed by atoms with Gasteiger partial charge in [-0.3, -0.25) is 0 Å². The molecule has 2 aromatic rings. The number of methoxy groups -OCH3 is 4. The summed E-state index contributed by atoms with van der Waals surface area (Å²) in [6.07, 6.45) is 0. The van der Waals surface area contributed by atoms with E-state index in [9.17, 15) is 0 Å². The van der Waals surface area contributed by atoms with E-state index in [1.54, 1.807) is 40.6 Å². The summed E-state index contributed by atoms with van der Waals surface area (Å²) in [4.78, 5) is 4.36. The van der Waals surface area contributed by atoms with E-state index < -0.39 is 0 Å². The number of rotatable bonds is 4. The number of pyridine rings is 1. The van der Waals surface area contributed by atoms with Crippen molar-refractivity contribution in [3.63, 3.8) is 0 Å². The fourth-order valence-corrected chi connectivity index (χ4v) is 1.79. The van der Waals surface area contributed by atoms with Gasteiger partial charge in [-0.25, -0.2) is 4.98 Å². The fourth-order valence-electron chi connectivity index (χ4n) is 1.79. The number of benzene rings is 1. The topological polar surface area (TPSA) is 49.8 Å². The molecule has 1 heterocycles. The Morgan fingerprint density at radius 2 is 1.44 bits per heavy atom. The number of hydrogen-bond acceptors (Lipinski definition) is 5. The third-order valence-corrected chi connectivity index (χ3v) is 2.67. The second kappa shape index (κ2) is 5.00. The Hall–Kier alpha value is -2.17. The first kappa shape index (κ1) is 12.3. The van der Waals surface area contributed by atoms with Crippen LogP contribution in [0.15, 0.2) is 18.2 Å². The van der Waals surface area contributed by atoms with Gasteiger partial charge in [0.2, 0.25) is 5.88 Å². The van der Waals surface area contributed by atoms with Crippen molar-refractivity contribution in [1.82, 2.24) is 4.98 Å². The van der Waals surface area contributed by atoms with Crippen LogP contribution in [-0.4, -0.2) is 33.4 Å². The van der Waals surface area contributed by atoms with Gasteiger partial charge in [-0.2, -0.15) is 0 Å². The highest BCUT2D eigenvalue weighted by molar-refractivity contribution is 5.92. The van der Waals surface area contributed by atoms with Crippen molar-refractivity contribution in [2.24, 2.45) is 0 Å². The van der Waals surface area contributed by atoms with Crippen molar-refractivity contribution in [3.8, 4) is 23.1 Å². The van der Waals surface area contributed by atoms with E-state index in [1.165, 1.54) is 0 Å². The van der Waals surface area contributed by atoms with Gasteiger partial charge >= 0.3 is 0 Å². The Morgan fingerprint density at radius 1 is 0.778 bits per heavy atom. The summed E-state index contributed by atoms with van der Waals surface area (Å²) >= 11 is 0. The fraction of sp³-hybridized carbons (Fsp3) is 0.308. The van der Waals surface area contributed by atoms with Gasteiger partial charge in [-0.15, -0.1) is 0 Å². The van der Waals surface area contributed by atoms with Crippen LogP contribution in [-0.2, 0) is 0 Å². The summed E-state index contributed by atoms with van der Waals surface area (Å²) < 4.78 is 21.0. The van der Waals surface area contributed by atoms with Crippen molar-refractivity contribution < 1.29 is 18.9 Å². The van der Waals surface area contributed by atoms with Gasteiger partial charge in [0.15, 0.2) is 0 Å². The molecule has 0 aliphatic carbocycles. The zero-order chi connectivity index (χ0) is 13.1. The third kappa shape index (κ3) is 1.99. The maximum Gasteiger partial charge on any atom is 0.217 e. The zero-order valence-electron chi connectivity index (χ0n) is 10.8. The molecule has 0 bridgehead atoms. The number of aromatic nitrogens is 1. The van der Waals surface area contributed by atoms with Crippen LogP contribution < -0.4 is 18.9 Å². The molecule has 5 nitrogen and oxygen atoms in total. The van der Waals surface area contributed by atoms with Crippen molar-refractivity contribution >= 4 is 10.9 Å². The summed E-state index contributed by atoms with van der Waals surface area (Å²) in [5, 5.41) is 0.793. The van der Waals surface area contributed by atoms with Gasteiger partial charge < -0.3 is 18.9 Å². The minimum absolute atomic E-state index is 0.481. The highest BCUT2D eigenvalue weighted by Crippen LogP contribution is 2.38. The monoisotopic (exact) mass is 249 g/mol. The van der Waals surface area contributed by atoms with Crippen LogP contribution in [0.25, 0.3) is 10.9 Å². The Kier molecular flexibility index (Phi) is 3.41. The molecule has 0 radical (unpaired) electrons. The molecule has 0 fully saturated rings. The molecule has 0 atom stereocenters. The van der Waals surface area contributed by atoms with E-state index in [1.807, 2.05) is 6.07 Å². The third-order valence-electron chi connectivity index (χ3n) is 2.67. The van der Waals surface area contributed by atoms with Crippen LogP contribution in [0.2, 0.25) is 0 Å². The maximum atomic E-state index is 5.35. The summed E-state index contributed by atoms with van der Waals surface area (Å²) in [5.74, 6) is 2.45. The molecular formula is C13H15NO4. The molecule has 0 aliphatic rings. The van der Waals surface area contributed by atoms with Crippen molar-refractivity contribution in [1.29, 1.82) is 0 Å². The number of ether oxygens (including phenoxy) is 4. The molecule has 18 heavy (non-hydrogen) atoms. The highest BCUT2D eigenvalue weighted by Gasteiger charge is 2.13. The Bertz CT molecular complexity index is 522. The summed E-state index contributed by atoms with van der Waals surface area (Å²) in [6.45, 7) is 0. The highest BCUT2D eigenvalue weighted by atomic mass is 16.5. The first-order valence-electron chi connectivity index (χ1n) is 5.38. The molecule has 0 amide bonds. The molecule has 0 N–H and O–H groups in total. The predicted molar refractivity (Wildman–Crippen MR) is 68.0 cm³/mol.